The fraction of sp³-hybridized carbons (Fsp3) is 0.778. The molecular formula is C9H18N2. The van der Waals surface area contributed by atoms with E-state index in [1.807, 2.05) is 0 Å². The van der Waals surface area contributed by atoms with Crippen LogP contribution in [0, 0.1) is 12.3 Å². The van der Waals surface area contributed by atoms with Crippen LogP contribution in [-0.4, -0.2) is 37.6 Å². The third-order valence-corrected chi connectivity index (χ3v) is 1.73. The van der Waals surface area contributed by atoms with Crippen molar-refractivity contribution in [1.82, 2.24) is 10.2 Å². The van der Waals surface area contributed by atoms with Crippen LogP contribution in [0.2, 0.25) is 0 Å². The molecule has 2 heteroatoms. The molecule has 0 aliphatic rings. The van der Waals surface area contributed by atoms with Crippen molar-refractivity contribution in [3.8, 4) is 12.3 Å². The Kier molecular flexibility index (Phi) is 7.23. The molecule has 2 nitrogen and oxygen atoms in total. The van der Waals surface area contributed by atoms with Gasteiger partial charge in [-0.2, -0.15) is 0 Å². The normalized spacial score (nSPS) is 10.0. The maximum atomic E-state index is 5.08. The fourth-order valence-corrected chi connectivity index (χ4v) is 0.938. The molecule has 0 bridgehead atoms. The molecule has 0 heterocycles. The predicted octanol–water partition coefficient (Wildman–Crippen LogP) is 0.551. The second-order valence-electron chi connectivity index (χ2n) is 2.41. The summed E-state index contributed by atoms with van der Waals surface area (Å²) >= 11 is 0. The van der Waals surface area contributed by atoms with E-state index in [4.69, 9.17) is 6.42 Å². The van der Waals surface area contributed by atoms with Gasteiger partial charge in [-0.25, -0.2) is 0 Å². The first-order valence-corrected chi connectivity index (χ1v) is 4.21. The number of likely N-dealkylation sites (N-methyl/N-ethyl adjacent to an activating group) is 1. The molecule has 0 aliphatic heterocycles. The Hall–Kier alpha value is -0.520. The van der Waals surface area contributed by atoms with E-state index in [1.54, 1.807) is 0 Å². The molecule has 0 saturated carbocycles. The van der Waals surface area contributed by atoms with E-state index in [1.165, 1.54) is 0 Å². The third-order valence-electron chi connectivity index (χ3n) is 1.73. The van der Waals surface area contributed by atoms with Gasteiger partial charge < -0.3 is 10.2 Å². The molecule has 0 aromatic rings. The number of nitrogens with one attached hydrogen (secondary N) is 1. The molecule has 0 rings (SSSR count). The highest BCUT2D eigenvalue weighted by Crippen LogP contribution is 1.83. The zero-order chi connectivity index (χ0) is 8.53. The van der Waals surface area contributed by atoms with Gasteiger partial charge in [0.2, 0.25) is 0 Å². The molecule has 1 N–H and O–H groups in total. The largest absolute Gasteiger partial charge is 0.305 e. The maximum Gasteiger partial charge on any atom is 0.0574 e. The van der Waals surface area contributed by atoms with Crippen LogP contribution in [0.15, 0.2) is 0 Å². The zero-order valence-electron chi connectivity index (χ0n) is 7.56. The van der Waals surface area contributed by atoms with Crippen LogP contribution in [0.25, 0.3) is 0 Å². The Morgan fingerprint density at radius 2 is 2.00 bits per heavy atom. The van der Waals surface area contributed by atoms with Gasteiger partial charge in [0.25, 0.3) is 0 Å². The second kappa shape index (κ2) is 7.59. The van der Waals surface area contributed by atoms with E-state index in [-0.39, 0.29) is 0 Å². The summed E-state index contributed by atoms with van der Waals surface area (Å²) in [5, 5.41) is 3.16. The van der Waals surface area contributed by atoms with Gasteiger partial charge in [-0.15, -0.1) is 6.42 Å². The highest BCUT2D eigenvalue weighted by Gasteiger charge is 1.95. The second-order valence-corrected chi connectivity index (χ2v) is 2.41. The first-order valence-electron chi connectivity index (χ1n) is 4.21. The van der Waals surface area contributed by atoms with Crippen molar-refractivity contribution >= 4 is 0 Å². The van der Waals surface area contributed by atoms with Gasteiger partial charge in [-0.3, -0.25) is 0 Å². The highest BCUT2D eigenvalue weighted by molar-refractivity contribution is 4.86. The quantitative estimate of drug-likeness (QED) is 0.444. The zero-order valence-corrected chi connectivity index (χ0v) is 7.56. The number of hydrogen-bond acceptors (Lipinski definition) is 2. The van der Waals surface area contributed by atoms with Gasteiger partial charge in [0, 0.05) is 13.1 Å². The topological polar surface area (TPSA) is 15.3 Å². The predicted molar refractivity (Wildman–Crippen MR) is 49.5 cm³/mol. The van der Waals surface area contributed by atoms with Crippen LogP contribution in [-0.2, 0) is 0 Å². The van der Waals surface area contributed by atoms with Crippen LogP contribution in [0.1, 0.15) is 13.8 Å². The maximum absolute atomic E-state index is 5.08. The average Bonchev–Trinajstić information content (AvgIpc) is 2.05. The fourth-order valence-electron chi connectivity index (χ4n) is 0.938. The van der Waals surface area contributed by atoms with Gasteiger partial charge >= 0.3 is 0 Å². The Morgan fingerprint density at radius 1 is 1.36 bits per heavy atom. The lowest BCUT2D eigenvalue weighted by atomic mass is 10.4. The van der Waals surface area contributed by atoms with Gasteiger partial charge in [0.05, 0.1) is 6.54 Å². The van der Waals surface area contributed by atoms with Crippen molar-refractivity contribution < 1.29 is 0 Å². The molecule has 0 spiro atoms. The minimum Gasteiger partial charge on any atom is -0.305 e. The van der Waals surface area contributed by atoms with Gasteiger partial charge in [-0.05, 0) is 13.1 Å². The van der Waals surface area contributed by atoms with Crippen LogP contribution in [0.3, 0.4) is 0 Å². The molecule has 0 radical (unpaired) electrons. The molecule has 0 unspecified atom stereocenters. The molecular weight excluding hydrogens is 136 g/mol. The van der Waals surface area contributed by atoms with Crippen molar-refractivity contribution in [2.45, 2.75) is 13.8 Å². The Bertz CT molecular complexity index is 111. The molecule has 0 amide bonds. The number of nitrogens with zero attached hydrogens (tertiary/aromatic N) is 1. The van der Waals surface area contributed by atoms with Crippen molar-refractivity contribution in [2.75, 3.05) is 32.7 Å². The van der Waals surface area contributed by atoms with E-state index < -0.39 is 0 Å². The SMILES string of the molecule is C#CCNCCN(CC)CC. The van der Waals surface area contributed by atoms with E-state index in [0.29, 0.717) is 6.54 Å². The summed E-state index contributed by atoms with van der Waals surface area (Å²) in [5.74, 6) is 2.55. The van der Waals surface area contributed by atoms with Crippen molar-refractivity contribution in [3.63, 3.8) is 0 Å². The van der Waals surface area contributed by atoms with Crippen LogP contribution < -0.4 is 5.32 Å². The smallest absolute Gasteiger partial charge is 0.0574 e. The number of hydrogen-bond donors (Lipinski definition) is 1. The molecule has 0 aromatic heterocycles. The first-order chi connectivity index (χ1) is 5.35. The summed E-state index contributed by atoms with van der Waals surface area (Å²) in [4.78, 5) is 2.36. The van der Waals surface area contributed by atoms with Crippen molar-refractivity contribution in [2.24, 2.45) is 0 Å². The van der Waals surface area contributed by atoms with Gasteiger partial charge in [0.15, 0.2) is 0 Å². The standard InChI is InChI=1S/C9H18N2/c1-4-7-10-8-9-11(5-2)6-3/h1,10H,5-9H2,2-3H3. The third kappa shape index (κ3) is 5.90. The van der Waals surface area contributed by atoms with Crippen molar-refractivity contribution in [3.05, 3.63) is 0 Å². The van der Waals surface area contributed by atoms with Crippen LogP contribution in [0.5, 0.6) is 0 Å². The number of rotatable bonds is 6. The number of terminal acetylenes is 1. The van der Waals surface area contributed by atoms with E-state index in [9.17, 15) is 0 Å². The molecule has 64 valence electrons. The lowest BCUT2D eigenvalue weighted by molar-refractivity contribution is 0.304. The van der Waals surface area contributed by atoms with E-state index >= 15 is 0 Å². The van der Waals surface area contributed by atoms with Gasteiger partial charge in [-0.1, -0.05) is 19.8 Å². The lowest BCUT2D eigenvalue weighted by Crippen LogP contribution is -2.31. The van der Waals surface area contributed by atoms with Crippen molar-refractivity contribution in [1.29, 1.82) is 0 Å². The van der Waals surface area contributed by atoms with Gasteiger partial charge in [0.1, 0.15) is 0 Å². The minimum absolute atomic E-state index is 0.682. The summed E-state index contributed by atoms with van der Waals surface area (Å²) in [6.07, 6.45) is 5.08. The molecule has 0 fully saturated rings. The molecule has 0 aliphatic carbocycles. The highest BCUT2D eigenvalue weighted by atomic mass is 15.1. The van der Waals surface area contributed by atoms with E-state index in [2.05, 4.69) is 30.0 Å². The Labute approximate surface area is 70.0 Å². The van der Waals surface area contributed by atoms with Crippen LogP contribution >= 0.6 is 0 Å². The summed E-state index contributed by atoms with van der Waals surface area (Å²) in [7, 11) is 0. The van der Waals surface area contributed by atoms with E-state index in [0.717, 1.165) is 26.2 Å². The monoisotopic (exact) mass is 154 g/mol. The average molecular weight is 154 g/mol. The first kappa shape index (κ1) is 10.5. The molecule has 0 saturated heterocycles. The summed E-state index contributed by atoms with van der Waals surface area (Å²) in [6.45, 7) is 9.35. The Balaban J connectivity index is 3.16. The Morgan fingerprint density at radius 3 is 2.45 bits per heavy atom. The summed E-state index contributed by atoms with van der Waals surface area (Å²) < 4.78 is 0. The molecule has 0 atom stereocenters. The molecule has 11 heavy (non-hydrogen) atoms. The lowest BCUT2D eigenvalue weighted by Gasteiger charge is -2.17. The minimum atomic E-state index is 0.682. The summed E-state index contributed by atoms with van der Waals surface area (Å²) in [5.41, 5.74) is 0. The summed E-state index contributed by atoms with van der Waals surface area (Å²) in [6, 6.07) is 0. The molecule has 0 aromatic carbocycles. The van der Waals surface area contributed by atoms with Crippen LogP contribution in [0.4, 0.5) is 0 Å².